The predicted molar refractivity (Wildman–Crippen MR) is 58.2 cm³/mol. The molecule has 0 amide bonds. The van der Waals surface area contributed by atoms with Gasteiger partial charge in [-0.1, -0.05) is 6.07 Å². The van der Waals surface area contributed by atoms with Crippen LogP contribution in [0.4, 0.5) is 0 Å². The first kappa shape index (κ1) is 9.43. The molecule has 2 aromatic heterocycles. The molecular formula is C10H13N3S. The number of rotatable bonds is 4. The topological polar surface area (TPSA) is 40.7 Å². The van der Waals surface area contributed by atoms with Gasteiger partial charge in [-0.05, 0) is 18.4 Å². The lowest BCUT2D eigenvalue weighted by Gasteiger charge is -2.10. The maximum absolute atomic E-state index is 4.15. The van der Waals surface area contributed by atoms with Gasteiger partial charge in [0.15, 0.2) is 0 Å². The van der Waals surface area contributed by atoms with Crippen LogP contribution in [-0.2, 0) is 6.54 Å². The summed E-state index contributed by atoms with van der Waals surface area (Å²) in [5.74, 6) is 0.980. The Balaban J connectivity index is 1.87. The summed E-state index contributed by atoms with van der Waals surface area (Å²) in [5, 5.41) is 5.50. The van der Waals surface area contributed by atoms with Crippen molar-refractivity contribution in [3.63, 3.8) is 0 Å². The SMILES string of the molecule is C[C@H](NCc1ncc[nH]1)c1cccs1. The van der Waals surface area contributed by atoms with Crippen molar-refractivity contribution in [2.24, 2.45) is 0 Å². The number of hydrogen-bond donors (Lipinski definition) is 2. The lowest BCUT2D eigenvalue weighted by atomic mass is 10.3. The molecule has 0 aliphatic heterocycles. The molecule has 2 N–H and O–H groups in total. The van der Waals surface area contributed by atoms with Crippen LogP contribution >= 0.6 is 11.3 Å². The minimum atomic E-state index is 0.389. The summed E-state index contributed by atoms with van der Waals surface area (Å²) < 4.78 is 0. The van der Waals surface area contributed by atoms with Gasteiger partial charge in [0.1, 0.15) is 5.82 Å². The van der Waals surface area contributed by atoms with E-state index >= 15 is 0 Å². The molecule has 2 rings (SSSR count). The Morgan fingerprint density at radius 1 is 1.64 bits per heavy atom. The molecule has 1 atom stereocenters. The Labute approximate surface area is 87.2 Å². The first-order valence-corrected chi connectivity index (χ1v) is 5.49. The molecule has 0 spiro atoms. The Bertz CT molecular complexity index is 353. The van der Waals surface area contributed by atoms with E-state index in [1.165, 1.54) is 4.88 Å². The van der Waals surface area contributed by atoms with E-state index in [4.69, 9.17) is 0 Å². The number of imidazole rings is 1. The summed E-state index contributed by atoms with van der Waals surface area (Å²) in [5.41, 5.74) is 0. The van der Waals surface area contributed by atoms with Crippen molar-refractivity contribution in [2.75, 3.05) is 0 Å². The summed E-state index contributed by atoms with van der Waals surface area (Å²) in [4.78, 5) is 8.58. The van der Waals surface area contributed by atoms with E-state index < -0.39 is 0 Å². The molecule has 0 bridgehead atoms. The molecule has 0 aliphatic rings. The van der Waals surface area contributed by atoms with Gasteiger partial charge in [0, 0.05) is 23.3 Å². The summed E-state index contributed by atoms with van der Waals surface area (Å²) in [6, 6.07) is 4.61. The van der Waals surface area contributed by atoms with E-state index in [2.05, 4.69) is 39.7 Å². The second-order valence-electron chi connectivity index (χ2n) is 3.15. The zero-order valence-corrected chi connectivity index (χ0v) is 8.84. The molecule has 0 unspecified atom stereocenters. The van der Waals surface area contributed by atoms with Gasteiger partial charge >= 0.3 is 0 Å². The molecule has 0 fully saturated rings. The van der Waals surface area contributed by atoms with Crippen molar-refractivity contribution in [1.82, 2.24) is 15.3 Å². The van der Waals surface area contributed by atoms with E-state index in [9.17, 15) is 0 Å². The molecule has 2 aromatic rings. The van der Waals surface area contributed by atoms with Gasteiger partial charge in [-0.15, -0.1) is 11.3 Å². The Morgan fingerprint density at radius 2 is 2.57 bits per heavy atom. The highest BCUT2D eigenvalue weighted by Crippen LogP contribution is 2.18. The maximum Gasteiger partial charge on any atom is 0.120 e. The Morgan fingerprint density at radius 3 is 3.21 bits per heavy atom. The summed E-state index contributed by atoms with van der Waals surface area (Å²) in [6.45, 7) is 2.95. The number of hydrogen-bond acceptors (Lipinski definition) is 3. The summed E-state index contributed by atoms with van der Waals surface area (Å²) in [6.07, 6.45) is 3.61. The van der Waals surface area contributed by atoms with Crippen LogP contribution in [-0.4, -0.2) is 9.97 Å². The van der Waals surface area contributed by atoms with Crippen molar-refractivity contribution in [1.29, 1.82) is 0 Å². The standard InChI is InChI=1S/C10H13N3S/c1-8(9-3-2-6-14-9)13-7-10-11-4-5-12-10/h2-6,8,13H,7H2,1H3,(H,11,12)/t8-/m0/s1. The number of nitrogens with one attached hydrogen (secondary N) is 2. The number of aromatic amines is 1. The highest BCUT2D eigenvalue weighted by atomic mass is 32.1. The predicted octanol–water partition coefficient (Wildman–Crippen LogP) is 2.32. The smallest absolute Gasteiger partial charge is 0.120 e. The van der Waals surface area contributed by atoms with Crippen LogP contribution in [0.3, 0.4) is 0 Å². The van der Waals surface area contributed by atoms with Gasteiger partial charge in [0.2, 0.25) is 0 Å². The molecule has 4 heteroatoms. The van der Waals surface area contributed by atoms with Gasteiger partial charge in [-0.3, -0.25) is 0 Å². The van der Waals surface area contributed by atoms with E-state index in [1.54, 1.807) is 17.5 Å². The minimum absolute atomic E-state index is 0.389. The third-order valence-electron chi connectivity index (χ3n) is 2.10. The highest BCUT2D eigenvalue weighted by Gasteiger charge is 2.05. The van der Waals surface area contributed by atoms with Gasteiger partial charge in [0.05, 0.1) is 6.54 Å². The van der Waals surface area contributed by atoms with Gasteiger partial charge in [-0.2, -0.15) is 0 Å². The number of nitrogens with zero attached hydrogens (tertiary/aromatic N) is 1. The fourth-order valence-corrected chi connectivity index (χ4v) is 2.04. The average molecular weight is 207 g/mol. The number of thiophene rings is 1. The zero-order valence-electron chi connectivity index (χ0n) is 8.03. The zero-order chi connectivity index (χ0) is 9.80. The normalized spacial score (nSPS) is 12.9. The van der Waals surface area contributed by atoms with Crippen LogP contribution in [0.1, 0.15) is 23.7 Å². The number of H-pyrrole nitrogens is 1. The third-order valence-corrected chi connectivity index (χ3v) is 3.16. The molecular weight excluding hydrogens is 194 g/mol. The van der Waals surface area contributed by atoms with E-state index in [1.807, 2.05) is 6.20 Å². The average Bonchev–Trinajstić information content (AvgIpc) is 2.87. The molecule has 0 saturated carbocycles. The Hall–Kier alpha value is -1.13. The second-order valence-corrected chi connectivity index (χ2v) is 4.13. The van der Waals surface area contributed by atoms with Crippen LogP contribution < -0.4 is 5.32 Å². The lowest BCUT2D eigenvalue weighted by Crippen LogP contribution is -2.17. The van der Waals surface area contributed by atoms with Crippen LogP contribution in [0.2, 0.25) is 0 Å². The van der Waals surface area contributed by atoms with Gasteiger partial charge < -0.3 is 10.3 Å². The molecule has 3 nitrogen and oxygen atoms in total. The quantitative estimate of drug-likeness (QED) is 0.807. The highest BCUT2D eigenvalue weighted by molar-refractivity contribution is 7.10. The first-order chi connectivity index (χ1) is 6.86. The van der Waals surface area contributed by atoms with Crippen LogP contribution in [0.15, 0.2) is 29.9 Å². The van der Waals surface area contributed by atoms with Crippen molar-refractivity contribution >= 4 is 11.3 Å². The van der Waals surface area contributed by atoms with Crippen LogP contribution in [0.25, 0.3) is 0 Å². The lowest BCUT2D eigenvalue weighted by molar-refractivity contribution is 0.569. The largest absolute Gasteiger partial charge is 0.348 e. The monoisotopic (exact) mass is 207 g/mol. The number of aromatic nitrogens is 2. The van der Waals surface area contributed by atoms with Crippen LogP contribution in [0.5, 0.6) is 0 Å². The van der Waals surface area contributed by atoms with Gasteiger partial charge in [-0.25, -0.2) is 4.98 Å². The van der Waals surface area contributed by atoms with Crippen molar-refractivity contribution < 1.29 is 0 Å². The molecule has 2 heterocycles. The van der Waals surface area contributed by atoms with Crippen LogP contribution in [0, 0.1) is 0 Å². The molecule has 0 radical (unpaired) electrons. The fraction of sp³-hybridized carbons (Fsp3) is 0.300. The molecule has 0 aliphatic carbocycles. The van der Waals surface area contributed by atoms with E-state index in [-0.39, 0.29) is 0 Å². The summed E-state index contributed by atoms with van der Waals surface area (Å²) in [7, 11) is 0. The molecule has 0 aromatic carbocycles. The van der Waals surface area contributed by atoms with E-state index in [0.29, 0.717) is 6.04 Å². The Kier molecular flexibility index (Phi) is 2.96. The third kappa shape index (κ3) is 2.21. The van der Waals surface area contributed by atoms with Crippen molar-refractivity contribution in [2.45, 2.75) is 19.5 Å². The fourth-order valence-electron chi connectivity index (χ4n) is 1.28. The van der Waals surface area contributed by atoms with Gasteiger partial charge in [0.25, 0.3) is 0 Å². The minimum Gasteiger partial charge on any atom is -0.348 e. The second kappa shape index (κ2) is 4.39. The maximum atomic E-state index is 4.15. The summed E-state index contributed by atoms with van der Waals surface area (Å²) >= 11 is 1.78. The van der Waals surface area contributed by atoms with Crippen molar-refractivity contribution in [3.05, 3.63) is 40.6 Å². The molecule has 0 saturated heterocycles. The molecule has 74 valence electrons. The first-order valence-electron chi connectivity index (χ1n) is 4.61. The molecule has 14 heavy (non-hydrogen) atoms. The van der Waals surface area contributed by atoms with Crippen molar-refractivity contribution in [3.8, 4) is 0 Å². The van der Waals surface area contributed by atoms with E-state index in [0.717, 1.165) is 12.4 Å².